The summed E-state index contributed by atoms with van der Waals surface area (Å²) in [6, 6.07) is 23.7. The van der Waals surface area contributed by atoms with Gasteiger partial charge in [-0.3, -0.25) is 0 Å². The third kappa shape index (κ3) is 7.80. The van der Waals surface area contributed by atoms with Gasteiger partial charge in [0.25, 0.3) is 5.52 Å². The van der Waals surface area contributed by atoms with Gasteiger partial charge in [0.15, 0.2) is 12.3 Å². The van der Waals surface area contributed by atoms with E-state index in [1.807, 2.05) is 118 Å². The number of benzene rings is 3. The van der Waals surface area contributed by atoms with Gasteiger partial charge < -0.3 is 27.7 Å². The molecule has 0 N–H and O–H groups in total. The molecule has 0 aliphatic carbocycles. The minimum atomic E-state index is -4.42. The number of nitrogens with zero attached hydrogens (tertiary/aromatic N) is 3. The van der Waals surface area contributed by atoms with Gasteiger partial charge in [-0.25, -0.2) is 16.8 Å². The van der Waals surface area contributed by atoms with Crippen LogP contribution in [0.25, 0.3) is 44.9 Å². The fourth-order valence-corrected chi connectivity index (χ4v) is 7.93. The third-order valence-corrected chi connectivity index (χ3v) is 11.0. The van der Waals surface area contributed by atoms with Crippen LogP contribution in [0.4, 0.5) is 5.69 Å². The van der Waals surface area contributed by atoms with Gasteiger partial charge in [-0.05, 0) is 88.2 Å². The molecule has 11 nitrogen and oxygen atoms in total. The number of allylic oxidation sites excluding steroid dienone is 2. The molecule has 3 aromatic carbocycles. The van der Waals surface area contributed by atoms with Crippen LogP contribution in [0.5, 0.6) is 5.75 Å². The molecule has 7 rings (SSSR count). The van der Waals surface area contributed by atoms with Gasteiger partial charge >= 0.3 is 5.89 Å². The lowest BCUT2D eigenvalue weighted by molar-refractivity contribution is -0.677. The van der Waals surface area contributed by atoms with Gasteiger partial charge in [0, 0.05) is 42.8 Å². The molecule has 1 aliphatic heterocycles. The molecule has 0 bridgehead atoms. The summed E-state index contributed by atoms with van der Waals surface area (Å²) < 4.78 is 85.5. The second-order valence-electron chi connectivity index (χ2n) is 12.2. The summed E-state index contributed by atoms with van der Waals surface area (Å²) in [5, 5.41) is 5.12. The normalized spacial score (nSPS) is 14.5. The SMILES string of the molecule is CCC(/C=C1\Oc2ccc(-c3ccsc3)cc2N1CCCS(=O)(=O)[O-])=C\c1oc2ccc(-n3ccc4ccccc43)cc2[n+]1CCCS(=O)(=O)[O-]. The number of aromatic nitrogens is 2. The number of thiophene rings is 1. The van der Waals surface area contributed by atoms with E-state index in [0.717, 1.165) is 44.5 Å². The minimum absolute atomic E-state index is 0.0898. The van der Waals surface area contributed by atoms with Crippen molar-refractivity contribution in [1.82, 2.24) is 4.57 Å². The summed E-state index contributed by atoms with van der Waals surface area (Å²) >= 11 is 1.58. The smallest absolute Gasteiger partial charge is 0.374 e. The zero-order valence-electron chi connectivity index (χ0n) is 27.6. The van der Waals surface area contributed by atoms with Crippen LogP contribution in [0, 0.1) is 0 Å². The largest absolute Gasteiger partial charge is 0.748 e. The molecule has 0 saturated carbocycles. The molecule has 0 amide bonds. The van der Waals surface area contributed by atoms with Crippen molar-refractivity contribution in [3.05, 3.63) is 113 Å². The monoisotopic (exact) mass is 744 g/mol. The average molecular weight is 745 g/mol. The molecule has 0 unspecified atom stereocenters. The molecule has 1 aliphatic rings. The molecule has 0 saturated heterocycles. The van der Waals surface area contributed by atoms with Crippen LogP contribution in [0.2, 0.25) is 0 Å². The van der Waals surface area contributed by atoms with Crippen LogP contribution in [-0.4, -0.2) is 48.6 Å². The number of aryl methyl sites for hydroxylation is 1. The Morgan fingerprint density at radius 2 is 1.73 bits per heavy atom. The summed E-state index contributed by atoms with van der Waals surface area (Å²) in [6.45, 7) is 2.42. The molecular weight excluding hydrogens is 711 g/mol. The Kier molecular flexibility index (Phi) is 9.61. The van der Waals surface area contributed by atoms with Crippen LogP contribution >= 0.6 is 11.3 Å². The highest BCUT2D eigenvalue weighted by Crippen LogP contribution is 2.42. The molecule has 6 aromatic rings. The maximum atomic E-state index is 11.5. The number of ether oxygens (including phenoxy) is 1. The number of hydrogen-bond donors (Lipinski definition) is 0. The molecule has 0 fully saturated rings. The van der Waals surface area contributed by atoms with Crippen LogP contribution < -0.4 is 14.2 Å². The Labute approximate surface area is 299 Å². The number of rotatable bonds is 13. The van der Waals surface area contributed by atoms with E-state index in [0.29, 0.717) is 29.5 Å². The maximum absolute atomic E-state index is 11.5. The first-order valence-electron chi connectivity index (χ1n) is 16.4. The van der Waals surface area contributed by atoms with E-state index in [1.54, 1.807) is 11.3 Å². The lowest BCUT2D eigenvalue weighted by atomic mass is 10.1. The van der Waals surface area contributed by atoms with E-state index in [2.05, 4.69) is 4.57 Å². The summed E-state index contributed by atoms with van der Waals surface area (Å²) in [7, 11) is -8.83. The van der Waals surface area contributed by atoms with Crippen LogP contribution in [0.15, 0.2) is 112 Å². The molecule has 14 heteroatoms. The van der Waals surface area contributed by atoms with Crippen LogP contribution in [-0.2, 0) is 26.8 Å². The minimum Gasteiger partial charge on any atom is -0.748 e. The van der Waals surface area contributed by atoms with Crippen molar-refractivity contribution in [2.75, 3.05) is 23.0 Å². The number of anilines is 1. The van der Waals surface area contributed by atoms with Crippen LogP contribution in [0.1, 0.15) is 32.1 Å². The number of fused-ring (bicyclic) bond motifs is 3. The molecule has 0 spiro atoms. The predicted molar refractivity (Wildman–Crippen MR) is 196 cm³/mol. The van der Waals surface area contributed by atoms with Crippen molar-refractivity contribution in [3.8, 4) is 22.6 Å². The van der Waals surface area contributed by atoms with Gasteiger partial charge in [0.2, 0.25) is 11.5 Å². The Morgan fingerprint density at radius 1 is 0.922 bits per heavy atom. The van der Waals surface area contributed by atoms with Gasteiger partial charge in [-0.15, -0.1) is 0 Å². The topological polar surface area (TPSA) is 149 Å². The highest BCUT2D eigenvalue weighted by Gasteiger charge is 2.28. The van der Waals surface area contributed by atoms with Crippen molar-refractivity contribution in [3.63, 3.8) is 0 Å². The molecule has 4 heterocycles. The summed E-state index contributed by atoms with van der Waals surface area (Å²) in [4.78, 5) is 1.87. The molecule has 51 heavy (non-hydrogen) atoms. The Balaban J connectivity index is 1.28. The van der Waals surface area contributed by atoms with E-state index in [9.17, 15) is 25.9 Å². The Hall–Kier alpha value is -4.73. The second-order valence-corrected chi connectivity index (χ2v) is 16.1. The van der Waals surface area contributed by atoms with Gasteiger partial charge in [0.1, 0.15) is 0 Å². The van der Waals surface area contributed by atoms with Gasteiger partial charge in [-0.1, -0.05) is 31.2 Å². The maximum Gasteiger partial charge on any atom is 0.374 e. The molecule has 3 aromatic heterocycles. The van der Waals surface area contributed by atoms with E-state index < -0.39 is 31.7 Å². The first-order chi connectivity index (χ1) is 24.5. The van der Waals surface area contributed by atoms with Crippen LogP contribution in [0.3, 0.4) is 0 Å². The Morgan fingerprint density at radius 3 is 2.49 bits per heavy atom. The van der Waals surface area contributed by atoms with Gasteiger partial charge in [0.05, 0.1) is 43.2 Å². The van der Waals surface area contributed by atoms with Crippen molar-refractivity contribution in [2.45, 2.75) is 32.7 Å². The highest BCUT2D eigenvalue weighted by molar-refractivity contribution is 7.85. The van der Waals surface area contributed by atoms with Crippen molar-refractivity contribution >= 4 is 65.3 Å². The van der Waals surface area contributed by atoms with E-state index in [-0.39, 0.29) is 25.9 Å². The Bertz CT molecular complexity index is 2510. The second kappa shape index (κ2) is 14.1. The lowest BCUT2D eigenvalue weighted by Gasteiger charge is -2.19. The van der Waals surface area contributed by atoms with E-state index >= 15 is 0 Å². The highest BCUT2D eigenvalue weighted by atomic mass is 32.2. The fourth-order valence-electron chi connectivity index (χ4n) is 6.29. The average Bonchev–Trinajstić information content (AvgIpc) is 3.89. The molecule has 264 valence electrons. The molecule has 0 atom stereocenters. The summed E-state index contributed by atoms with van der Waals surface area (Å²) in [6.07, 6.45) is 6.44. The zero-order chi connectivity index (χ0) is 35.8. The standard InChI is InChI=1S/C37H35N3O8S3/c1-2-26(21-36-39(15-5-19-50(41,42)43)32-23-28(9-11-34(32)47-36)29-14-18-49-25-29)22-37-40(16-6-20-51(44,45)46)33-24-30(10-12-35(33)48-37)38-17-13-27-7-3-4-8-31(27)38/h3-4,7-14,17-18,21-25H,2,5-6,15-16,19-20H2,1H3,(H-,41,42,43,44,45,46)/p-1. The quantitative estimate of drug-likeness (QED) is 0.0920. The van der Waals surface area contributed by atoms with E-state index in [4.69, 9.17) is 9.15 Å². The van der Waals surface area contributed by atoms with Crippen molar-refractivity contribution < 1.29 is 39.7 Å². The van der Waals surface area contributed by atoms with Gasteiger partial charge in [-0.2, -0.15) is 15.9 Å². The third-order valence-electron chi connectivity index (χ3n) is 8.75. The molecule has 0 radical (unpaired) electrons. The number of oxazole rings is 1. The fraction of sp³-hybridized carbons (Fsp3) is 0.216. The van der Waals surface area contributed by atoms with E-state index in [1.165, 1.54) is 0 Å². The number of hydrogen-bond acceptors (Lipinski definition) is 10. The number of para-hydroxylation sites is 1. The molecular formula is C37H34N3O8S3-. The lowest BCUT2D eigenvalue weighted by Crippen LogP contribution is -2.36. The summed E-state index contributed by atoms with van der Waals surface area (Å²) in [5.74, 6) is 0.492. The zero-order valence-corrected chi connectivity index (χ0v) is 30.0. The van der Waals surface area contributed by atoms with Crippen molar-refractivity contribution in [1.29, 1.82) is 0 Å². The first-order valence-corrected chi connectivity index (χ1v) is 20.5. The summed E-state index contributed by atoms with van der Waals surface area (Å²) in [5.41, 5.74) is 6.81. The van der Waals surface area contributed by atoms with Crippen molar-refractivity contribution in [2.24, 2.45) is 0 Å². The predicted octanol–water partition coefficient (Wildman–Crippen LogP) is 6.80. The first kappa shape index (κ1) is 34.7.